The highest BCUT2D eigenvalue weighted by Crippen LogP contribution is 2.20. The molecule has 0 fully saturated rings. The summed E-state index contributed by atoms with van der Waals surface area (Å²) in [7, 11) is 1.97. The van der Waals surface area contributed by atoms with Crippen molar-refractivity contribution in [2.75, 3.05) is 23.8 Å². The average Bonchev–Trinajstić information content (AvgIpc) is 2.55. The van der Waals surface area contributed by atoms with Gasteiger partial charge in [-0.05, 0) is 49.2 Å². The first-order chi connectivity index (χ1) is 11.0. The summed E-state index contributed by atoms with van der Waals surface area (Å²) in [6, 6.07) is 8.81. The molecule has 0 aliphatic heterocycles. The predicted molar refractivity (Wildman–Crippen MR) is 94.4 cm³/mol. The second-order valence-electron chi connectivity index (χ2n) is 5.47. The lowest BCUT2D eigenvalue weighted by molar-refractivity contribution is 0.102. The number of aromatic nitrogens is 2. The molecule has 1 heterocycles. The van der Waals surface area contributed by atoms with Crippen molar-refractivity contribution in [3.63, 3.8) is 0 Å². The van der Waals surface area contributed by atoms with Gasteiger partial charge in [0, 0.05) is 24.3 Å². The van der Waals surface area contributed by atoms with E-state index in [2.05, 4.69) is 22.4 Å². The molecule has 0 bridgehead atoms. The van der Waals surface area contributed by atoms with Crippen molar-refractivity contribution in [2.24, 2.45) is 0 Å². The van der Waals surface area contributed by atoms with Crippen LogP contribution in [0.2, 0.25) is 5.02 Å². The highest BCUT2D eigenvalue weighted by molar-refractivity contribution is 6.30. The number of halogens is 1. The summed E-state index contributed by atoms with van der Waals surface area (Å²) in [5.41, 5.74) is 1.90. The molecule has 0 aliphatic rings. The number of carbonyl (C=O) groups is 1. The Bertz CT molecular complexity index is 673. The molecule has 0 radical (unpaired) electrons. The van der Waals surface area contributed by atoms with Gasteiger partial charge in [0.05, 0.1) is 0 Å². The van der Waals surface area contributed by atoms with Gasteiger partial charge in [0.25, 0.3) is 5.91 Å². The van der Waals surface area contributed by atoms with Gasteiger partial charge in [0.1, 0.15) is 0 Å². The maximum atomic E-state index is 12.2. The van der Waals surface area contributed by atoms with E-state index in [0.29, 0.717) is 10.7 Å². The van der Waals surface area contributed by atoms with Gasteiger partial charge < -0.3 is 10.2 Å². The highest BCUT2D eigenvalue weighted by atomic mass is 35.5. The van der Waals surface area contributed by atoms with E-state index in [-0.39, 0.29) is 11.6 Å². The molecule has 2 aromatic rings. The summed E-state index contributed by atoms with van der Waals surface area (Å²) in [6.07, 6.45) is 2.22. The monoisotopic (exact) mass is 332 g/mol. The number of unbranched alkanes of at least 4 members (excludes halogenated alkanes) is 1. The van der Waals surface area contributed by atoms with Crippen LogP contribution in [-0.4, -0.2) is 29.7 Å². The van der Waals surface area contributed by atoms with Crippen LogP contribution in [0.1, 0.15) is 35.8 Å². The van der Waals surface area contributed by atoms with Crippen molar-refractivity contribution in [1.29, 1.82) is 0 Å². The molecule has 0 unspecified atom stereocenters. The molecule has 0 saturated carbocycles. The Labute approximate surface area is 141 Å². The van der Waals surface area contributed by atoms with Crippen molar-refractivity contribution < 1.29 is 4.79 Å². The van der Waals surface area contributed by atoms with Gasteiger partial charge in [-0.2, -0.15) is 0 Å². The summed E-state index contributed by atoms with van der Waals surface area (Å²) in [5.74, 6) is 0.475. The number of carbonyl (C=O) groups excluding carboxylic acids is 1. The molecule has 5 nitrogen and oxygen atoms in total. The van der Waals surface area contributed by atoms with Crippen molar-refractivity contribution in [2.45, 2.75) is 26.7 Å². The Morgan fingerprint density at radius 3 is 2.65 bits per heavy atom. The van der Waals surface area contributed by atoms with Gasteiger partial charge in [-0.25, -0.2) is 0 Å². The number of nitrogens with one attached hydrogen (secondary N) is 1. The lowest BCUT2D eigenvalue weighted by Gasteiger charge is -2.16. The molecule has 1 aromatic heterocycles. The molecular weight excluding hydrogens is 312 g/mol. The Morgan fingerprint density at radius 1 is 1.26 bits per heavy atom. The molecule has 6 heteroatoms. The van der Waals surface area contributed by atoms with E-state index >= 15 is 0 Å². The van der Waals surface area contributed by atoms with Gasteiger partial charge in [-0.3, -0.25) is 4.79 Å². The number of rotatable bonds is 6. The zero-order valence-electron chi connectivity index (χ0n) is 13.6. The molecule has 0 spiro atoms. The standard InChI is InChI=1S/C17H21ClN4O/c1-4-5-10-22(3)16-9-8-15(20-21-16)17(23)19-14-7-6-13(18)11-12(14)2/h6-9,11H,4-5,10H2,1-3H3,(H,19,23). The number of aryl methyl sites for hydroxylation is 1. The lowest BCUT2D eigenvalue weighted by atomic mass is 10.2. The van der Waals surface area contributed by atoms with Crippen LogP contribution in [-0.2, 0) is 0 Å². The summed E-state index contributed by atoms with van der Waals surface area (Å²) >= 11 is 5.91. The highest BCUT2D eigenvalue weighted by Gasteiger charge is 2.11. The third-order valence-corrected chi connectivity index (χ3v) is 3.79. The summed E-state index contributed by atoms with van der Waals surface area (Å²) < 4.78 is 0. The van der Waals surface area contributed by atoms with E-state index in [1.165, 1.54) is 0 Å². The van der Waals surface area contributed by atoms with E-state index in [4.69, 9.17) is 11.6 Å². The number of benzene rings is 1. The zero-order valence-corrected chi connectivity index (χ0v) is 14.4. The molecule has 2 rings (SSSR count). The third kappa shape index (κ3) is 4.66. The number of nitrogens with zero attached hydrogens (tertiary/aromatic N) is 3. The van der Waals surface area contributed by atoms with Crippen LogP contribution in [0, 0.1) is 6.92 Å². The third-order valence-electron chi connectivity index (χ3n) is 3.56. The molecule has 1 N–H and O–H groups in total. The first-order valence-electron chi connectivity index (χ1n) is 7.63. The van der Waals surface area contributed by atoms with E-state index < -0.39 is 0 Å². The molecule has 122 valence electrons. The number of hydrogen-bond donors (Lipinski definition) is 1. The Morgan fingerprint density at radius 2 is 2.04 bits per heavy atom. The second-order valence-corrected chi connectivity index (χ2v) is 5.90. The Hall–Kier alpha value is -2.14. The maximum absolute atomic E-state index is 12.2. The topological polar surface area (TPSA) is 58.1 Å². The minimum atomic E-state index is -0.286. The second kappa shape index (κ2) is 7.92. The van der Waals surface area contributed by atoms with Crippen molar-refractivity contribution in [3.8, 4) is 0 Å². The number of amides is 1. The molecule has 1 aromatic carbocycles. The SMILES string of the molecule is CCCCN(C)c1ccc(C(=O)Nc2ccc(Cl)cc2C)nn1. The van der Waals surface area contributed by atoms with Crippen LogP contribution in [0.3, 0.4) is 0 Å². The van der Waals surface area contributed by atoms with E-state index in [1.807, 2.05) is 24.9 Å². The van der Waals surface area contributed by atoms with Crippen LogP contribution < -0.4 is 10.2 Å². The van der Waals surface area contributed by atoms with Gasteiger partial charge >= 0.3 is 0 Å². The van der Waals surface area contributed by atoms with Gasteiger partial charge in [-0.15, -0.1) is 10.2 Å². The molecule has 0 aliphatic carbocycles. The van der Waals surface area contributed by atoms with Gasteiger partial charge in [0.15, 0.2) is 11.5 Å². The minimum absolute atomic E-state index is 0.284. The van der Waals surface area contributed by atoms with Crippen molar-refractivity contribution in [1.82, 2.24) is 10.2 Å². The van der Waals surface area contributed by atoms with E-state index in [1.54, 1.807) is 24.3 Å². The molecule has 1 amide bonds. The summed E-state index contributed by atoms with van der Waals surface area (Å²) in [5, 5.41) is 11.6. The Balaban J connectivity index is 2.05. The van der Waals surface area contributed by atoms with Crippen LogP contribution in [0.5, 0.6) is 0 Å². The number of anilines is 2. The first-order valence-corrected chi connectivity index (χ1v) is 8.01. The van der Waals surface area contributed by atoms with Crippen molar-refractivity contribution in [3.05, 3.63) is 46.6 Å². The summed E-state index contributed by atoms with van der Waals surface area (Å²) in [4.78, 5) is 14.3. The number of hydrogen-bond acceptors (Lipinski definition) is 4. The quantitative estimate of drug-likeness (QED) is 0.870. The lowest BCUT2D eigenvalue weighted by Crippen LogP contribution is -2.21. The van der Waals surface area contributed by atoms with Crippen LogP contribution in [0.15, 0.2) is 30.3 Å². The largest absolute Gasteiger partial charge is 0.358 e. The predicted octanol–water partition coefficient (Wildman–Crippen LogP) is 3.93. The Kier molecular flexibility index (Phi) is 5.93. The molecule has 0 atom stereocenters. The zero-order chi connectivity index (χ0) is 16.8. The van der Waals surface area contributed by atoms with E-state index in [0.717, 1.165) is 30.8 Å². The summed E-state index contributed by atoms with van der Waals surface area (Å²) in [6.45, 7) is 4.95. The fourth-order valence-corrected chi connectivity index (χ4v) is 2.34. The maximum Gasteiger partial charge on any atom is 0.276 e. The van der Waals surface area contributed by atoms with Crippen LogP contribution >= 0.6 is 11.6 Å². The fourth-order valence-electron chi connectivity index (χ4n) is 2.11. The fraction of sp³-hybridized carbons (Fsp3) is 0.353. The average molecular weight is 333 g/mol. The first kappa shape index (κ1) is 17.2. The molecular formula is C17H21ClN4O. The normalized spacial score (nSPS) is 10.4. The van der Waals surface area contributed by atoms with Gasteiger partial charge in [-0.1, -0.05) is 24.9 Å². The van der Waals surface area contributed by atoms with E-state index in [9.17, 15) is 4.79 Å². The van der Waals surface area contributed by atoms with Crippen LogP contribution in [0.25, 0.3) is 0 Å². The van der Waals surface area contributed by atoms with Crippen molar-refractivity contribution >= 4 is 29.0 Å². The minimum Gasteiger partial charge on any atom is -0.358 e. The van der Waals surface area contributed by atoms with Crippen LogP contribution in [0.4, 0.5) is 11.5 Å². The smallest absolute Gasteiger partial charge is 0.276 e. The molecule has 0 saturated heterocycles. The van der Waals surface area contributed by atoms with Gasteiger partial charge in [0.2, 0.25) is 0 Å². The molecule has 23 heavy (non-hydrogen) atoms.